The number of carbonyl (C=O) groups is 2. The standard InChI is InChI=1S/C23H29N5O3/c1-23(2)12-18(17-6-4-5-7-19(17)31-23)28-22(25-3)27-13-15-8-10-16(11-9-15)21(30)26-14-20(24)29/h4-11,18H,12-14H2,1-3H3,(H2,24,29)(H,26,30)(H2,25,27,28). The van der Waals surface area contributed by atoms with E-state index in [1.165, 1.54) is 0 Å². The van der Waals surface area contributed by atoms with Crippen molar-refractivity contribution in [2.75, 3.05) is 13.6 Å². The summed E-state index contributed by atoms with van der Waals surface area (Å²) in [5.41, 5.74) is 7.33. The summed E-state index contributed by atoms with van der Waals surface area (Å²) in [5.74, 6) is 0.651. The number of carbonyl (C=O) groups excluding carboxylic acids is 2. The second-order valence-electron chi connectivity index (χ2n) is 8.07. The molecule has 5 N–H and O–H groups in total. The van der Waals surface area contributed by atoms with Crippen LogP contribution in [0.25, 0.3) is 0 Å². The van der Waals surface area contributed by atoms with Gasteiger partial charge in [-0.05, 0) is 37.6 Å². The number of fused-ring (bicyclic) bond motifs is 1. The molecular formula is C23H29N5O3. The number of nitrogens with one attached hydrogen (secondary N) is 3. The van der Waals surface area contributed by atoms with Crippen LogP contribution in [-0.4, -0.2) is 37.0 Å². The highest BCUT2D eigenvalue weighted by molar-refractivity contribution is 5.96. The Bertz CT molecular complexity index is 969. The fraction of sp³-hybridized carbons (Fsp3) is 0.348. The van der Waals surface area contributed by atoms with Crippen molar-refractivity contribution >= 4 is 17.8 Å². The lowest BCUT2D eigenvalue weighted by molar-refractivity contribution is -0.117. The van der Waals surface area contributed by atoms with Gasteiger partial charge in [-0.15, -0.1) is 0 Å². The minimum Gasteiger partial charge on any atom is -0.487 e. The average Bonchev–Trinajstić information content (AvgIpc) is 2.74. The predicted octanol–water partition coefficient (Wildman–Crippen LogP) is 1.87. The normalized spacial score (nSPS) is 17.1. The molecule has 0 spiro atoms. The van der Waals surface area contributed by atoms with Crippen molar-refractivity contribution in [1.82, 2.24) is 16.0 Å². The van der Waals surface area contributed by atoms with Crippen LogP contribution in [0, 0.1) is 0 Å². The summed E-state index contributed by atoms with van der Waals surface area (Å²) in [6, 6.07) is 15.2. The van der Waals surface area contributed by atoms with Crippen molar-refractivity contribution in [3.8, 4) is 5.75 Å². The molecule has 2 aromatic rings. The van der Waals surface area contributed by atoms with Crippen LogP contribution in [-0.2, 0) is 11.3 Å². The molecule has 0 aliphatic carbocycles. The maximum atomic E-state index is 12.0. The van der Waals surface area contributed by atoms with E-state index in [4.69, 9.17) is 10.5 Å². The third-order valence-electron chi connectivity index (χ3n) is 5.01. The zero-order valence-electron chi connectivity index (χ0n) is 18.1. The number of benzene rings is 2. The average molecular weight is 424 g/mol. The summed E-state index contributed by atoms with van der Waals surface area (Å²) in [7, 11) is 1.73. The van der Waals surface area contributed by atoms with Crippen LogP contribution in [0.1, 0.15) is 47.8 Å². The summed E-state index contributed by atoms with van der Waals surface area (Å²) in [4.78, 5) is 27.1. The lowest BCUT2D eigenvalue weighted by atomic mass is 9.90. The molecule has 3 rings (SSSR count). The summed E-state index contributed by atoms with van der Waals surface area (Å²) in [6.45, 7) is 4.51. The first-order valence-corrected chi connectivity index (χ1v) is 10.2. The minimum absolute atomic E-state index is 0.0717. The second kappa shape index (κ2) is 9.51. The number of amides is 2. The van der Waals surface area contributed by atoms with Crippen molar-refractivity contribution < 1.29 is 14.3 Å². The predicted molar refractivity (Wildman–Crippen MR) is 120 cm³/mol. The molecule has 0 radical (unpaired) electrons. The van der Waals surface area contributed by atoms with Gasteiger partial charge < -0.3 is 26.4 Å². The molecule has 1 aliphatic rings. The smallest absolute Gasteiger partial charge is 0.251 e. The van der Waals surface area contributed by atoms with E-state index in [1.54, 1.807) is 19.2 Å². The minimum atomic E-state index is -0.580. The first-order valence-electron chi connectivity index (χ1n) is 10.2. The highest BCUT2D eigenvalue weighted by Crippen LogP contribution is 2.39. The number of aliphatic imine (C=N–C) groups is 1. The molecule has 1 heterocycles. The summed E-state index contributed by atoms with van der Waals surface area (Å²) < 4.78 is 6.10. The van der Waals surface area contributed by atoms with Gasteiger partial charge in [-0.3, -0.25) is 14.6 Å². The number of hydrogen-bond acceptors (Lipinski definition) is 4. The van der Waals surface area contributed by atoms with E-state index in [0.29, 0.717) is 18.1 Å². The number of nitrogens with zero attached hydrogens (tertiary/aromatic N) is 1. The molecule has 164 valence electrons. The molecule has 1 aliphatic heterocycles. The van der Waals surface area contributed by atoms with Crippen molar-refractivity contribution in [1.29, 1.82) is 0 Å². The van der Waals surface area contributed by atoms with E-state index < -0.39 is 5.91 Å². The fourth-order valence-corrected chi connectivity index (χ4v) is 3.52. The van der Waals surface area contributed by atoms with E-state index >= 15 is 0 Å². The molecule has 1 atom stereocenters. The quantitative estimate of drug-likeness (QED) is 0.418. The van der Waals surface area contributed by atoms with Gasteiger partial charge >= 0.3 is 0 Å². The van der Waals surface area contributed by atoms with Crippen molar-refractivity contribution in [3.05, 3.63) is 65.2 Å². The molecule has 1 unspecified atom stereocenters. The van der Waals surface area contributed by atoms with Gasteiger partial charge in [0.05, 0.1) is 12.6 Å². The Morgan fingerprint density at radius 3 is 2.52 bits per heavy atom. The molecule has 0 aromatic heterocycles. The number of rotatable bonds is 6. The molecule has 31 heavy (non-hydrogen) atoms. The van der Waals surface area contributed by atoms with Crippen LogP contribution in [0.2, 0.25) is 0 Å². The van der Waals surface area contributed by atoms with Crippen molar-refractivity contribution in [2.45, 2.75) is 38.5 Å². The van der Waals surface area contributed by atoms with Gasteiger partial charge in [-0.1, -0.05) is 30.3 Å². The maximum absolute atomic E-state index is 12.0. The number of para-hydroxylation sites is 1. The van der Waals surface area contributed by atoms with E-state index in [-0.39, 0.29) is 24.1 Å². The van der Waals surface area contributed by atoms with Crippen LogP contribution >= 0.6 is 0 Å². The second-order valence-corrected chi connectivity index (χ2v) is 8.07. The summed E-state index contributed by atoms with van der Waals surface area (Å²) in [5, 5.41) is 9.28. The zero-order valence-corrected chi connectivity index (χ0v) is 18.1. The van der Waals surface area contributed by atoms with Gasteiger partial charge in [0.2, 0.25) is 5.91 Å². The molecule has 0 saturated heterocycles. The van der Waals surface area contributed by atoms with E-state index in [0.717, 1.165) is 23.3 Å². The molecule has 0 fully saturated rings. The van der Waals surface area contributed by atoms with Gasteiger partial charge in [0.1, 0.15) is 11.4 Å². The van der Waals surface area contributed by atoms with Crippen LogP contribution in [0.4, 0.5) is 0 Å². The largest absolute Gasteiger partial charge is 0.487 e. The van der Waals surface area contributed by atoms with Crippen molar-refractivity contribution in [2.24, 2.45) is 10.7 Å². The molecule has 2 aromatic carbocycles. The van der Waals surface area contributed by atoms with Gasteiger partial charge in [0.25, 0.3) is 5.91 Å². The Hall–Kier alpha value is -3.55. The third kappa shape index (κ3) is 5.97. The van der Waals surface area contributed by atoms with Gasteiger partial charge in [0, 0.05) is 31.1 Å². The molecular weight excluding hydrogens is 394 g/mol. The molecule has 8 nitrogen and oxygen atoms in total. The molecule has 0 saturated carbocycles. The Labute approximate surface area is 182 Å². The Morgan fingerprint density at radius 1 is 1.13 bits per heavy atom. The van der Waals surface area contributed by atoms with E-state index in [9.17, 15) is 9.59 Å². The van der Waals surface area contributed by atoms with E-state index in [2.05, 4.69) is 40.9 Å². The monoisotopic (exact) mass is 423 g/mol. The molecule has 8 heteroatoms. The van der Waals surface area contributed by atoms with Gasteiger partial charge in [0.15, 0.2) is 5.96 Å². The lowest BCUT2D eigenvalue weighted by Crippen LogP contribution is -2.45. The zero-order chi connectivity index (χ0) is 22.4. The van der Waals surface area contributed by atoms with E-state index in [1.807, 2.05) is 30.3 Å². The number of hydrogen-bond donors (Lipinski definition) is 4. The van der Waals surface area contributed by atoms with Gasteiger partial charge in [-0.25, -0.2) is 0 Å². The summed E-state index contributed by atoms with van der Waals surface area (Å²) in [6.07, 6.45) is 0.805. The number of ether oxygens (including phenoxy) is 1. The Balaban J connectivity index is 1.60. The fourth-order valence-electron chi connectivity index (χ4n) is 3.52. The number of guanidine groups is 1. The third-order valence-corrected chi connectivity index (χ3v) is 5.01. The lowest BCUT2D eigenvalue weighted by Gasteiger charge is -2.38. The van der Waals surface area contributed by atoms with Crippen LogP contribution < -0.4 is 26.4 Å². The first kappa shape index (κ1) is 22.1. The SMILES string of the molecule is CN=C(NCc1ccc(C(=O)NCC(N)=O)cc1)NC1CC(C)(C)Oc2ccccc21. The topological polar surface area (TPSA) is 118 Å². The first-order chi connectivity index (χ1) is 14.8. The summed E-state index contributed by atoms with van der Waals surface area (Å²) >= 11 is 0. The number of nitrogens with two attached hydrogens (primary N) is 1. The maximum Gasteiger partial charge on any atom is 0.251 e. The van der Waals surface area contributed by atoms with Gasteiger partial charge in [-0.2, -0.15) is 0 Å². The molecule has 2 amide bonds. The van der Waals surface area contributed by atoms with Crippen molar-refractivity contribution in [3.63, 3.8) is 0 Å². The molecule has 0 bridgehead atoms. The Morgan fingerprint density at radius 2 is 1.84 bits per heavy atom. The highest BCUT2D eigenvalue weighted by atomic mass is 16.5. The van der Waals surface area contributed by atoms with Crippen LogP contribution in [0.15, 0.2) is 53.5 Å². The highest BCUT2D eigenvalue weighted by Gasteiger charge is 2.33. The number of primary amides is 1. The van der Waals surface area contributed by atoms with Crippen LogP contribution in [0.3, 0.4) is 0 Å². The van der Waals surface area contributed by atoms with Crippen LogP contribution in [0.5, 0.6) is 5.75 Å². The Kier molecular flexibility index (Phi) is 6.79.